The number of carbonyl (C=O) groups excluding carboxylic acids is 2. The summed E-state index contributed by atoms with van der Waals surface area (Å²) in [6.45, 7) is 0.749. The van der Waals surface area contributed by atoms with Gasteiger partial charge in [-0.3, -0.25) is 9.59 Å². The molecule has 0 saturated carbocycles. The van der Waals surface area contributed by atoms with Gasteiger partial charge in [0.05, 0.1) is 4.90 Å². The van der Waals surface area contributed by atoms with Crippen LogP contribution >= 0.6 is 23.2 Å². The van der Waals surface area contributed by atoms with Crippen LogP contribution in [0.4, 0.5) is 0 Å². The molecule has 172 valence electrons. The zero-order valence-electron chi connectivity index (χ0n) is 17.4. The molecule has 2 N–H and O–H groups in total. The number of rotatable bonds is 7. The lowest BCUT2D eigenvalue weighted by atomic mass is 10.0. The lowest BCUT2D eigenvalue weighted by molar-refractivity contribution is -0.139. The lowest BCUT2D eigenvalue weighted by Crippen LogP contribution is -2.46. The van der Waals surface area contributed by atoms with Gasteiger partial charge in [0.1, 0.15) is 0 Å². The van der Waals surface area contributed by atoms with Crippen LogP contribution in [0.2, 0.25) is 10.0 Å². The van der Waals surface area contributed by atoms with Crippen LogP contribution in [0, 0.1) is 0 Å². The highest BCUT2D eigenvalue weighted by Crippen LogP contribution is 2.27. The Bertz CT molecular complexity index is 1060. The molecule has 1 aliphatic rings. The second kappa shape index (κ2) is 11.1. The average Bonchev–Trinajstić information content (AvgIpc) is 2.79. The maximum atomic E-state index is 13.1. The van der Waals surface area contributed by atoms with E-state index in [1.165, 1.54) is 16.4 Å². The van der Waals surface area contributed by atoms with E-state index in [2.05, 4.69) is 10.6 Å². The normalized spacial score (nSPS) is 17.0. The van der Waals surface area contributed by atoms with Gasteiger partial charge >= 0.3 is 11.8 Å². The Kier molecular flexibility index (Phi) is 8.53. The van der Waals surface area contributed by atoms with Crippen molar-refractivity contribution < 1.29 is 18.0 Å². The quantitative estimate of drug-likeness (QED) is 0.573. The first kappa shape index (κ1) is 24.5. The highest BCUT2D eigenvalue weighted by atomic mass is 35.5. The van der Waals surface area contributed by atoms with Gasteiger partial charge in [-0.15, -0.1) is 0 Å². The predicted molar refractivity (Wildman–Crippen MR) is 124 cm³/mol. The molecule has 0 bridgehead atoms. The van der Waals surface area contributed by atoms with E-state index in [-0.39, 0.29) is 24.0 Å². The molecule has 10 heteroatoms. The SMILES string of the molecule is O=C(NCC[C@@H]1CCCCN1S(=O)(=O)c1ccc(Cl)cc1)C(=O)NCc1ccccc1Cl. The van der Waals surface area contributed by atoms with Gasteiger partial charge in [0.25, 0.3) is 0 Å². The largest absolute Gasteiger partial charge is 0.348 e. The highest BCUT2D eigenvalue weighted by molar-refractivity contribution is 7.89. The van der Waals surface area contributed by atoms with Crippen molar-refractivity contribution in [2.24, 2.45) is 0 Å². The first-order valence-corrected chi connectivity index (χ1v) is 12.6. The van der Waals surface area contributed by atoms with E-state index in [1.54, 1.807) is 36.4 Å². The molecule has 0 radical (unpaired) electrons. The number of halogens is 2. The van der Waals surface area contributed by atoms with Crippen LogP contribution < -0.4 is 10.6 Å². The molecular formula is C22H25Cl2N3O4S. The zero-order valence-corrected chi connectivity index (χ0v) is 19.7. The van der Waals surface area contributed by atoms with Gasteiger partial charge in [-0.1, -0.05) is 47.8 Å². The van der Waals surface area contributed by atoms with Crippen molar-refractivity contribution in [3.05, 3.63) is 64.1 Å². The molecule has 2 aromatic carbocycles. The van der Waals surface area contributed by atoms with Gasteiger partial charge in [0.15, 0.2) is 0 Å². The molecule has 1 atom stereocenters. The fourth-order valence-electron chi connectivity index (χ4n) is 3.65. The summed E-state index contributed by atoms with van der Waals surface area (Å²) in [6.07, 6.45) is 2.79. The van der Waals surface area contributed by atoms with E-state index in [0.29, 0.717) is 35.0 Å². The third-order valence-electron chi connectivity index (χ3n) is 5.36. The maximum absolute atomic E-state index is 13.1. The summed E-state index contributed by atoms with van der Waals surface area (Å²) >= 11 is 11.9. The molecule has 0 aromatic heterocycles. The van der Waals surface area contributed by atoms with Crippen LogP contribution in [0.25, 0.3) is 0 Å². The van der Waals surface area contributed by atoms with E-state index < -0.39 is 21.8 Å². The number of sulfonamides is 1. The van der Waals surface area contributed by atoms with Gasteiger partial charge < -0.3 is 10.6 Å². The molecule has 2 aromatic rings. The monoisotopic (exact) mass is 497 g/mol. The van der Waals surface area contributed by atoms with E-state index in [1.807, 2.05) is 0 Å². The summed E-state index contributed by atoms with van der Waals surface area (Å²) < 4.78 is 27.7. The van der Waals surface area contributed by atoms with Crippen LogP contribution in [0.5, 0.6) is 0 Å². The molecule has 0 unspecified atom stereocenters. The molecule has 0 spiro atoms. The minimum Gasteiger partial charge on any atom is -0.348 e. The third-order valence-corrected chi connectivity index (χ3v) is 7.95. The number of benzene rings is 2. The summed E-state index contributed by atoms with van der Waals surface area (Å²) in [5, 5.41) is 6.09. The van der Waals surface area contributed by atoms with Crippen molar-refractivity contribution in [3.8, 4) is 0 Å². The molecule has 1 heterocycles. The van der Waals surface area contributed by atoms with Gasteiger partial charge in [0.2, 0.25) is 10.0 Å². The number of hydrogen-bond acceptors (Lipinski definition) is 4. The average molecular weight is 498 g/mol. The minimum atomic E-state index is -3.67. The Hall–Kier alpha value is -2.13. The number of piperidine rings is 1. The second-order valence-electron chi connectivity index (χ2n) is 7.54. The van der Waals surface area contributed by atoms with Crippen molar-refractivity contribution in [2.45, 2.75) is 43.2 Å². The molecule has 1 saturated heterocycles. The van der Waals surface area contributed by atoms with Gasteiger partial charge in [0, 0.05) is 35.7 Å². The fraction of sp³-hybridized carbons (Fsp3) is 0.364. The number of nitrogens with one attached hydrogen (secondary N) is 2. The van der Waals surface area contributed by atoms with E-state index in [4.69, 9.17) is 23.2 Å². The first-order chi connectivity index (χ1) is 15.3. The zero-order chi connectivity index (χ0) is 23.1. The van der Waals surface area contributed by atoms with Crippen LogP contribution in [0.15, 0.2) is 53.4 Å². The van der Waals surface area contributed by atoms with E-state index >= 15 is 0 Å². The standard InChI is InChI=1S/C22H25Cl2N3O4S/c23-17-8-10-19(11-9-17)32(30,31)27-14-4-3-6-18(27)12-13-25-21(28)22(29)26-15-16-5-1-2-7-20(16)24/h1-2,5,7-11,18H,3-4,6,12-15H2,(H,25,28)(H,26,29)/t18-/m0/s1. The molecule has 1 aliphatic heterocycles. The highest BCUT2D eigenvalue weighted by Gasteiger charge is 2.33. The maximum Gasteiger partial charge on any atom is 0.309 e. The Morgan fingerprint density at radius 2 is 1.66 bits per heavy atom. The smallest absolute Gasteiger partial charge is 0.309 e. The summed E-state index contributed by atoms with van der Waals surface area (Å²) in [7, 11) is -3.67. The Morgan fingerprint density at radius 3 is 2.38 bits per heavy atom. The molecule has 7 nitrogen and oxygen atoms in total. The van der Waals surface area contributed by atoms with Gasteiger partial charge in [-0.25, -0.2) is 8.42 Å². The van der Waals surface area contributed by atoms with E-state index in [9.17, 15) is 18.0 Å². The van der Waals surface area contributed by atoms with Crippen molar-refractivity contribution in [2.75, 3.05) is 13.1 Å². The third kappa shape index (κ3) is 6.22. The van der Waals surface area contributed by atoms with Crippen molar-refractivity contribution in [1.29, 1.82) is 0 Å². The van der Waals surface area contributed by atoms with Crippen LogP contribution in [0.1, 0.15) is 31.2 Å². The number of carbonyl (C=O) groups is 2. The van der Waals surface area contributed by atoms with Gasteiger partial charge in [-0.2, -0.15) is 4.31 Å². The second-order valence-corrected chi connectivity index (χ2v) is 10.3. The fourth-order valence-corrected chi connectivity index (χ4v) is 5.70. The predicted octanol–water partition coefficient (Wildman–Crippen LogP) is 3.36. The topological polar surface area (TPSA) is 95.6 Å². The molecule has 2 amide bonds. The summed E-state index contributed by atoms with van der Waals surface area (Å²) in [4.78, 5) is 24.4. The van der Waals surface area contributed by atoms with Crippen molar-refractivity contribution >= 4 is 45.0 Å². The summed E-state index contributed by atoms with van der Waals surface area (Å²) in [6, 6.07) is 12.9. The van der Waals surface area contributed by atoms with Crippen molar-refractivity contribution in [3.63, 3.8) is 0 Å². The van der Waals surface area contributed by atoms with Crippen LogP contribution in [-0.4, -0.2) is 43.7 Å². The summed E-state index contributed by atoms with van der Waals surface area (Å²) in [5.41, 5.74) is 0.709. The summed E-state index contributed by atoms with van der Waals surface area (Å²) in [5.74, 6) is -1.53. The Labute approximate surface area is 198 Å². The lowest BCUT2D eigenvalue weighted by Gasteiger charge is -2.34. The number of amides is 2. The minimum absolute atomic E-state index is 0.141. The molecule has 1 fully saturated rings. The van der Waals surface area contributed by atoms with Crippen LogP contribution in [-0.2, 0) is 26.2 Å². The van der Waals surface area contributed by atoms with E-state index in [0.717, 1.165) is 12.8 Å². The first-order valence-electron chi connectivity index (χ1n) is 10.4. The van der Waals surface area contributed by atoms with Crippen molar-refractivity contribution in [1.82, 2.24) is 14.9 Å². The molecule has 32 heavy (non-hydrogen) atoms. The number of nitrogens with zero attached hydrogens (tertiary/aromatic N) is 1. The van der Waals surface area contributed by atoms with Gasteiger partial charge in [-0.05, 0) is 55.2 Å². The Balaban J connectivity index is 1.53. The Morgan fingerprint density at radius 1 is 0.969 bits per heavy atom. The molecular weight excluding hydrogens is 473 g/mol. The molecule has 3 rings (SSSR count). The molecule has 0 aliphatic carbocycles. The van der Waals surface area contributed by atoms with Crippen LogP contribution in [0.3, 0.4) is 0 Å². The number of hydrogen-bond donors (Lipinski definition) is 2.